The predicted octanol–water partition coefficient (Wildman–Crippen LogP) is 2.73. The largest absolute Gasteiger partial charge is 0.493 e. The number of nitrogens with one attached hydrogen (secondary N) is 2. The molecule has 0 bridgehead atoms. The second kappa shape index (κ2) is 8.14. The van der Waals surface area contributed by atoms with Gasteiger partial charge in [0.2, 0.25) is 5.56 Å². The van der Waals surface area contributed by atoms with Crippen LogP contribution in [0.4, 0.5) is 0 Å². The molecule has 0 saturated carbocycles. The topological polar surface area (TPSA) is 72.6 Å². The molecule has 6 nitrogen and oxygen atoms in total. The highest BCUT2D eigenvalue weighted by Gasteiger charge is 2.19. The Balaban J connectivity index is 1.20. The zero-order chi connectivity index (χ0) is 18.5. The zero-order valence-corrected chi connectivity index (χ0v) is 14.9. The number of H-pyrrole nitrogens is 1. The van der Waals surface area contributed by atoms with Crippen LogP contribution in [-0.2, 0) is 0 Å². The molecule has 1 aliphatic heterocycles. The first-order valence-corrected chi connectivity index (χ1v) is 9.14. The average Bonchev–Trinajstić information content (AvgIpc) is 2.70. The Kier molecular flexibility index (Phi) is 5.25. The maximum Gasteiger partial charge on any atom is 0.248 e. The summed E-state index contributed by atoms with van der Waals surface area (Å²) in [5.41, 5.74) is 0.674. The van der Waals surface area contributed by atoms with E-state index in [9.17, 15) is 4.79 Å². The van der Waals surface area contributed by atoms with E-state index in [0.717, 1.165) is 47.7 Å². The van der Waals surface area contributed by atoms with Crippen molar-refractivity contribution in [1.82, 2.24) is 10.3 Å². The molecule has 3 aromatic rings. The van der Waals surface area contributed by atoms with Crippen molar-refractivity contribution in [3.05, 3.63) is 65.0 Å². The van der Waals surface area contributed by atoms with Gasteiger partial charge in [0.25, 0.3) is 0 Å². The Morgan fingerprint density at radius 1 is 1.07 bits per heavy atom. The Morgan fingerprint density at radius 3 is 2.89 bits per heavy atom. The molecule has 4 rings (SSSR count). The van der Waals surface area contributed by atoms with E-state index in [-0.39, 0.29) is 11.7 Å². The molecule has 6 heteroatoms. The molecule has 0 aliphatic carbocycles. The third-order valence-corrected chi connectivity index (χ3v) is 4.42. The minimum Gasteiger partial charge on any atom is -0.493 e. The van der Waals surface area contributed by atoms with E-state index >= 15 is 0 Å². The maximum absolute atomic E-state index is 11.4. The van der Waals surface area contributed by atoms with Gasteiger partial charge < -0.3 is 24.5 Å². The molecule has 2 N–H and O–H groups in total. The van der Waals surface area contributed by atoms with Crippen molar-refractivity contribution in [3.8, 4) is 17.2 Å². The fourth-order valence-electron chi connectivity index (χ4n) is 3.09. The van der Waals surface area contributed by atoms with Gasteiger partial charge in [0.15, 0.2) is 11.5 Å². The summed E-state index contributed by atoms with van der Waals surface area (Å²) in [6, 6.07) is 16.7. The van der Waals surface area contributed by atoms with E-state index in [1.54, 1.807) is 6.07 Å². The summed E-state index contributed by atoms with van der Waals surface area (Å²) in [4.78, 5) is 14.2. The molecule has 27 heavy (non-hydrogen) atoms. The molecule has 1 unspecified atom stereocenters. The number of hydrogen-bond acceptors (Lipinski definition) is 5. The average molecular weight is 366 g/mol. The lowest BCUT2D eigenvalue weighted by molar-refractivity contribution is 0.0903. The van der Waals surface area contributed by atoms with Gasteiger partial charge in [0, 0.05) is 18.0 Å². The van der Waals surface area contributed by atoms with Gasteiger partial charge in [-0.2, -0.15) is 0 Å². The quantitative estimate of drug-likeness (QED) is 0.629. The number of hydrogen-bond donors (Lipinski definition) is 2. The van der Waals surface area contributed by atoms with E-state index in [0.29, 0.717) is 13.2 Å². The van der Waals surface area contributed by atoms with Gasteiger partial charge >= 0.3 is 0 Å². The number of fused-ring (bicyclic) bond motifs is 2. The van der Waals surface area contributed by atoms with Crippen LogP contribution in [0.25, 0.3) is 10.9 Å². The standard InChI is InChI=1S/C21H22N2O4/c24-21-10-9-16-17(23-21)5-3-8-18(16)25-12-4-11-22-13-15-14-26-19-6-1-2-7-20(19)27-15/h1-3,5-10,15,22H,4,11-14H2,(H,23,24). The fraction of sp³-hybridized carbons (Fsp3) is 0.286. The molecule has 0 radical (unpaired) electrons. The second-order valence-corrected chi connectivity index (χ2v) is 6.44. The Bertz CT molecular complexity index is 970. The van der Waals surface area contributed by atoms with Crippen LogP contribution in [0, 0.1) is 0 Å². The number of rotatable bonds is 7. The van der Waals surface area contributed by atoms with E-state index in [4.69, 9.17) is 14.2 Å². The van der Waals surface area contributed by atoms with E-state index in [1.165, 1.54) is 6.07 Å². The number of ether oxygens (including phenoxy) is 3. The summed E-state index contributed by atoms with van der Waals surface area (Å²) in [6.07, 6.45) is 0.875. The van der Waals surface area contributed by atoms with Gasteiger partial charge in [-0.1, -0.05) is 18.2 Å². The molecule has 0 amide bonds. The third-order valence-electron chi connectivity index (χ3n) is 4.42. The zero-order valence-electron chi connectivity index (χ0n) is 14.9. The summed E-state index contributed by atoms with van der Waals surface area (Å²) < 4.78 is 17.5. The maximum atomic E-state index is 11.4. The van der Waals surface area contributed by atoms with Gasteiger partial charge in [-0.3, -0.25) is 4.79 Å². The minimum absolute atomic E-state index is 0.00992. The van der Waals surface area contributed by atoms with Crippen LogP contribution in [0.15, 0.2) is 59.4 Å². The van der Waals surface area contributed by atoms with Gasteiger partial charge in [-0.25, -0.2) is 0 Å². The monoisotopic (exact) mass is 366 g/mol. The number of benzene rings is 2. The Morgan fingerprint density at radius 2 is 1.96 bits per heavy atom. The van der Waals surface area contributed by atoms with Crippen molar-refractivity contribution < 1.29 is 14.2 Å². The van der Waals surface area contributed by atoms with Crippen LogP contribution in [0.3, 0.4) is 0 Å². The van der Waals surface area contributed by atoms with Crippen LogP contribution in [0.1, 0.15) is 6.42 Å². The van der Waals surface area contributed by atoms with Crippen molar-refractivity contribution in [1.29, 1.82) is 0 Å². The normalized spacial score (nSPS) is 15.6. The number of pyridine rings is 1. The van der Waals surface area contributed by atoms with E-state index in [2.05, 4.69) is 10.3 Å². The van der Waals surface area contributed by atoms with E-state index in [1.807, 2.05) is 42.5 Å². The summed E-state index contributed by atoms with van der Waals surface area (Å²) in [7, 11) is 0. The molecule has 1 atom stereocenters. The highest BCUT2D eigenvalue weighted by atomic mass is 16.6. The SMILES string of the molecule is O=c1ccc2c(OCCCNCC3COc4ccccc4O3)cccc2[nH]1. The lowest BCUT2D eigenvalue weighted by atomic mass is 10.2. The first-order chi connectivity index (χ1) is 13.3. The lowest BCUT2D eigenvalue weighted by Crippen LogP contribution is -2.39. The number of aromatic nitrogens is 1. The van der Waals surface area contributed by atoms with Crippen molar-refractivity contribution in [2.24, 2.45) is 0 Å². The molecule has 140 valence electrons. The molecular weight excluding hydrogens is 344 g/mol. The van der Waals surface area contributed by atoms with Crippen molar-refractivity contribution in [2.75, 3.05) is 26.3 Å². The number of para-hydroxylation sites is 2. The second-order valence-electron chi connectivity index (χ2n) is 6.44. The summed E-state index contributed by atoms with van der Waals surface area (Å²) in [6.45, 7) is 2.69. The predicted molar refractivity (Wildman–Crippen MR) is 104 cm³/mol. The first kappa shape index (κ1) is 17.4. The Labute approximate surface area is 157 Å². The molecule has 2 aromatic carbocycles. The molecular formula is C21H22N2O4. The lowest BCUT2D eigenvalue weighted by Gasteiger charge is -2.26. The van der Waals surface area contributed by atoms with Crippen LogP contribution in [0.2, 0.25) is 0 Å². The molecule has 1 aromatic heterocycles. The molecule has 0 fully saturated rings. The smallest absolute Gasteiger partial charge is 0.248 e. The van der Waals surface area contributed by atoms with Gasteiger partial charge in [-0.05, 0) is 43.3 Å². The summed E-state index contributed by atoms with van der Waals surface area (Å²) in [5.74, 6) is 2.39. The molecule has 1 aliphatic rings. The van der Waals surface area contributed by atoms with Gasteiger partial charge in [-0.15, -0.1) is 0 Å². The summed E-state index contributed by atoms with van der Waals surface area (Å²) in [5, 5.41) is 4.30. The van der Waals surface area contributed by atoms with E-state index < -0.39 is 0 Å². The fourth-order valence-corrected chi connectivity index (χ4v) is 3.09. The highest BCUT2D eigenvalue weighted by Crippen LogP contribution is 2.30. The highest BCUT2D eigenvalue weighted by molar-refractivity contribution is 5.84. The number of aromatic amines is 1. The van der Waals surface area contributed by atoms with Gasteiger partial charge in [0.1, 0.15) is 18.5 Å². The van der Waals surface area contributed by atoms with Crippen molar-refractivity contribution in [3.63, 3.8) is 0 Å². The Hall–Kier alpha value is -2.99. The first-order valence-electron chi connectivity index (χ1n) is 9.14. The van der Waals surface area contributed by atoms with Crippen molar-refractivity contribution >= 4 is 10.9 Å². The minimum atomic E-state index is -0.111. The van der Waals surface area contributed by atoms with Crippen LogP contribution >= 0.6 is 0 Å². The van der Waals surface area contributed by atoms with Crippen LogP contribution in [0.5, 0.6) is 17.2 Å². The summed E-state index contributed by atoms with van der Waals surface area (Å²) >= 11 is 0. The molecule has 0 spiro atoms. The van der Waals surface area contributed by atoms with Crippen molar-refractivity contribution in [2.45, 2.75) is 12.5 Å². The van der Waals surface area contributed by atoms with Crippen LogP contribution in [-0.4, -0.2) is 37.4 Å². The van der Waals surface area contributed by atoms with Crippen LogP contribution < -0.4 is 25.1 Å². The van der Waals surface area contributed by atoms with Gasteiger partial charge in [0.05, 0.1) is 12.1 Å². The molecule has 0 saturated heterocycles. The molecule has 2 heterocycles. The third kappa shape index (κ3) is 4.23.